The predicted octanol–water partition coefficient (Wildman–Crippen LogP) is 3.98. The molecule has 0 atom stereocenters. The predicted molar refractivity (Wildman–Crippen MR) is 57.3 cm³/mol. The molecule has 0 unspecified atom stereocenters. The minimum atomic E-state index is 0.728. The van der Waals surface area contributed by atoms with Crippen molar-refractivity contribution < 1.29 is 0 Å². The van der Waals surface area contributed by atoms with Crippen LogP contribution >= 0.6 is 0 Å². The molecule has 0 heterocycles. The fraction of sp³-hybridized carbons (Fsp3) is 0.583. The molecule has 0 bridgehead atoms. The Bertz CT molecular complexity index is 210. The zero-order valence-corrected chi connectivity index (χ0v) is 8.77. The second-order valence-corrected chi connectivity index (χ2v) is 3.19. The van der Waals surface area contributed by atoms with E-state index in [0.29, 0.717) is 0 Å². The molecule has 0 aromatic rings. The van der Waals surface area contributed by atoms with E-state index in [2.05, 4.69) is 26.5 Å². The lowest BCUT2D eigenvalue weighted by molar-refractivity contribution is 0.790. The van der Waals surface area contributed by atoms with Crippen LogP contribution in [0.1, 0.15) is 46.0 Å². The maximum absolute atomic E-state index is 8.93. The van der Waals surface area contributed by atoms with Crippen molar-refractivity contribution in [1.29, 1.82) is 5.26 Å². The number of nitrogens with zero attached hydrogens (tertiary/aromatic N) is 1. The molecule has 13 heavy (non-hydrogen) atoms. The highest BCUT2D eigenvalue weighted by Crippen LogP contribution is 2.19. The standard InChI is InChI=1S/C12H19N/c1-4-7-11(8-5-2)12(10-13)9-6-3/h6H,3-5,7-9H2,1-2H3. The molecule has 0 aliphatic rings. The number of nitriles is 1. The zero-order valence-electron chi connectivity index (χ0n) is 8.77. The first-order valence-electron chi connectivity index (χ1n) is 5.01. The average Bonchev–Trinajstić information content (AvgIpc) is 2.14. The minimum Gasteiger partial charge on any atom is -0.193 e. The molecule has 0 saturated heterocycles. The van der Waals surface area contributed by atoms with E-state index in [1.54, 1.807) is 0 Å². The van der Waals surface area contributed by atoms with Crippen LogP contribution in [0.2, 0.25) is 0 Å². The normalized spacial score (nSPS) is 9.00. The van der Waals surface area contributed by atoms with E-state index in [9.17, 15) is 0 Å². The van der Waals surface area contributed by atoms with Crippen LogP contribution in [0.5, 0.6) is 0 Å². The summed E-state index contributed by atoms with van der Waals surface area (Å²) in [5.41, 5.74) is 2.26. The molecule has 0 aliphatic carbocycles. The Morgan fingerprint density at radius 2 is 1.85 bits per heavy atom. The third-order valence-electron chi connectivity index (χ3n) is 2.01. The van der Waals surface area contributed by atoms with Crippen LogP contribution in [0.4, 0.5) is 0 Å². The van der Waals surface area contributed by atoms with Crippen LogP contribution < -0.4 is 0 Å². The largest absolute Gasteiger partial charge is 0.193 e. The lowest BCUT2D eigenvalue weighted by atomic mass is 9.98. The number of allylic oxidation sites excluding steroid dienone is 3. The van der Waals surface area contributed by atoms with E-state index < -0.39 is 0 Å². The van der Waals surface area contributed by atoms with Crippen LogP contribution in [0.25, 0.3) is 0 Å². The van der Waals surface area contributed by atoms with E-state index in [0.717, 1.165) is 37.7 Å². The summed E-state index contributed by atoms with van der Waals surface area (Å²) < 4.78 is 0. The molecule has 0 fully saturated rings. The Morgan fingerprint density at radius 3 is 2.15 bits per heavy atom. The lowest BCUT2D eigenvalue weighted by Gasteiger charge is -2.06. The summed E-state index contributed by atoms with van der Waals surface area (Å²) >= 11 is 0. The Labute approximate surface area is 81.8 Å². The van der Waals surface area contributed by atoms with E-state index in [1.165, 1.54) is 5.57 Å². The van der Waals surface area contributed by atoms with Gasteiger partial charge in [-0.1, -0.05) is 38.3 Å². The van der Waals surface area contributed by atoms with Crippen LogP contribution in [-0.4, -0.2) is 0 Å². The van der Waals surface area contributed by atoms with Crippen molar-refractivity contribution in [1.82, 2.24) is 0 Å². The number of hydrogen-bond acceptors (Lipinski definition) is 1. The van der Waals surface area contributed by atoms with Crippen LogP contribution in [0.3, 0.4) is 0 Å². The summed E-state index contributed by atoms with van der Waals surface area (Å²) in [4.78, 5) is 0. The van der Waals surface area contributed by atoms with Crippen molar-refractivity contribution in [3.05, 3.63) is 23.8 Å². The molecule has 0 rings (SSSR count). The van der Waals surface area contributed by atoms with E-state index in [-0.39, 0.29) is 0 Å². The molecule has 1 nitrogen and oxygen atoms in total. The Kier molecular flexibility index (Phi) is 7.01. The Hall–Kier alpha value is -1.03. The van der Waals surface area contributed by atoms with Crippen molar-refractivity contribution in [3.8, 4) is 6.07 Å². The van der Waals surface area contributed by atoms with Gasteiger partial charge in [-0.15, -0.1) is 6.58 Å². The van der Waals surface area contributed by atoms with Gasteiger partial charge in [0.25, 0.3) is 0 Å². The first kappa shape index (κ1) is 12.0. The molecule has 0 radical (unpaired) electrons. The quantitative estimate of drug-likeness (QED) is 0.444. The average molecular weight is 177 g/mol. The summed E-state index contributed by atoms with van der Waals surface area (Å²) in [5, 5.41) is 8.93. The summed E-state index contributed by atoms with van der Waals surface area (Å²) in [7, 11) is 0. The summed E-state index contributed by atoms with van der Waals surface area (Å²) in [6.45, 7) is 7.97. The fourth-order valence-corrected chi connectivity index (χ4v) is 1.44. The first-order valence-corrected chi connectivity index (χ1v) is 5.01. The van der Waals surface area contributed by atoms with E-state index >= 15 is 0 Å². The van der Waals surface area contributed by atoms with Crippen molar-refractivity contribution in [2.75, 3.05) is 0 Å². The molecule has 0 N–H and O–H groups in total. The molecule has 72 valence electrons. The van der Waals surface area contributed by atoms with Gasteiger partial charge in [-0.3, -0.25) is 0 Å². The van der Waals surface area contributed by atoms with Gasteiger partial charge in [0.05, 0.1) is 6.07 Å². The van der Waals surface area contributed by atoms with Crippen LogP contribution in [0.15, 0.2) is 23.8 Å². The number of rotatable bonds is 6. The van der Waals surface area contributed by atoms with Crippen LogP contribution in [0, 0.1) is 11.3 Å². The van der Waals surface area contributed by atoms with Crippen molar-refractivity contribution in [2.24, 2.45) is 0 Å². The van der Waals surface area contributed by atoms with Gasteiger partial charge in [0.15, 0.2) is 0 Å². The minimum absolute atomic E-state index is 0.728. The van der Waals surface area contributed by atoms with Gasteiger partial charge >= 0.3 is 0 Å². The summed E-state index contributed by atoms with van der Waals surface area (Å²) in [6, 6.07) is 2.28. The maximum Gasteiger partial charge on any atom is 0.0949 e. The lowest BCUT2D eigenvalue weighted by Crippen LogP contribution is -1.90. The Morgan fingerprint density at radius 1 is 1.31 bits per heavy atom. The Balaban J connectivity index is 4.56. The molecule has 0 saturated carbocycles. The highest BCUT2D eigenvalue weighted by Gasteiger charge is 2.03. The summed E-state index contributed by atoms with van der Waals surface area (Å²) in [6.07, 6.45) is 6.90. The van der Waals surface area contributed by atoms with Gasteiger partial charge in [-0.25, -0.2) is 0 Å². The van der Waals surface area contributed by atoms with Gasteiger partial charge in [-0.2, -0.15) is 5.26 Å². The molecule has 0 amide bonds. The monoisotopic (exact) mass is 177 g/mol. The van der Waals surface area contributed by atoms with E-state index in [4.69, 9.17) is 5.26 Å². The van der Waals surface area contributed by atoms with Gasteiger partial charge in [0, 0.05) is 12.0 Å². The molecule has 0 aromatic carbocycles. The molecule has 1 heteroatoms. The van der Waals surface area contributed by atoms with Crippen molar-refractivity contribution in [2.45, 2.75) is 46.0 Å². The van der Waals surface area contributed by atoms with Gasteiger partial charge < -0.3 is 0 Å². The van der Waals surface area contributed by atoms with Crippen LogP contribution in [-0.2, 0) is 0 Å². The maximum atomic E-state index is 8.93. The second-order valence-electron chi connectivity index (χ2n) is 3.19. The second kappa shape index (κ2) is 7.61. The molecule has 0 spiro atoms. The zero-order chi connectivity index (χ0) is 10.1. The third kappa shape index (κ3) is 4.52. The van der Waals surface area contributed by atoms with Gasteiger partial charge in [0.1, 0.15) is 0 Å². The highest BCUT2D eigenvalue weighted by atomic mass is 14.3. The van der Waals surface area contributed by atoms with E-state index in [1.807, 2.05) is 6.08 Å². The molecular formula is C12H19N. The number of hydrogen-bond donors (Lipinski definition) is 0. The van der Waals surface area contributed by atoms with Gasteiger partial charge in [0.2, 0.25) is 0 Å². The smallest absolute Gasteiger partial charge is 0.0949 e. The molecule has 0 aromatic heterocycles. The summed E-state index contributed by atoms with van der Waals surface area (Å²) in [5.74, 6) is 0. The van der Waals surface area contributed by atoms with Crippen molar-refractivity contribution in [3.63, 3.8) is 0 Å². The van der Waals surface area contributed by atoms with Gasteiger partial charge in [-0.05, 0) is 12.8 Å². The fourth-order valence-electron chi connectivity index (χ4n) is 1.44. The third-order valence-corrected chi connectivity index (χ3v) is 2.01. The molecular weight excluding hydrogens is 158 g/mol. The topological polar surface area (TPSA) is 23.8 Å². The first-order chi connectivity index (χ1) is 6.29. The van der Waals surface area contributed by atoms with Crippen molar-refractivity contribution >= 4 is 0 Å². The SMILES string of the molecule is C=CCC(C#N)=C(CCC)CCC. The highest BCUT2D eigenvalue weighted by molar-refractivity contribution is 5.29. The molecule has 0 aliphatic heterocycles.